The predicted molar refractivity (Wildman–Crippen MR) is 251 cm³/mol. The maximum absolute atomic E-state index is 6.45. The second-order valence-electron chi connectivity index (χ2n) is 15.6. The second-order valence-corrected chi connectivity index (χ2v) is 17.8. The summed E-state index contributed by atoms with van der Waals surface area (Å²) in [5, 5.41) is 11.9. The van der Waals surface area contributed by atoms with Crippen LogP contribution in [0.1, 0.15) is 0 Å². The van der Waals surface area contributed by atoms with Crippen molar-refractivity contribution in [2.45, 2.75) is 19.6 Å². The molecule has 10 aromatic carbocycles. The van der Waals surface area contributed by atoms with E-state index in [1.807, 2.05) is 35.7 Å². The molecular formula is C54H30N2O2S2. The molecule has 2 aromatic heterocycles. The smallest absolute Gasteiger partial charge is 0.137 e. The van der Waals surface area contributed by atoms with E-state index < -0.39 is 0 Å². The quantitative estimate of drug-likeness (QED) is 0.162. The van der Waals surface area contributed by atoms with Crippen LogP contribution in [-0.4, -0.2) is 0 Å². The summed E-state index contributed by atoms with van der Waals surface area (Å²) in [6.45, 7) is 0. The maximum Gasteiger partial charge on any atom is 0.137 e. The summed E-state index contributed by atoms with van der Waals surface area (Å²) in [5.41, 5.74) is 10.4. The molecule has 12 aromatic rings. The fourth-order valence-electron chi connectivity index (χ4n) is 9.71. The number of fused-ring (bicyclic) bond motifs is 16. The van der Waals surface area contributed by atoms with Crippen molar-refractivity contribution < 1.29 is 8.83 Å². The molecule has 6 heteroatoms. The van der Waals surface area contributed by atoms with E-state index in [9.17, 15) is 0 Å². The van der Waals surface area contributed by atoms with Gasteiger partial charge in [-0.15, -0.1) is 0 Å². The Morgan fingerprint density at radius 3 is 1.15 bits per heavy atom. The molecule has 4 heterocycles. The summed E-state index contributed by atoms with van der Waals surface area (Å²) >= 11 is 3.66. The lowest BCUT2D eigenvalue weighted by atomic mass is 9.93. The van der Waals surface area contributed by atoms with E-state index in [1.165, 1.54) is 63.3 Å². The SMILES string of the molecule is c1ccc2c(c1)Sc1cc3c(cc1N2c1ccc2c4ccc(N5c6ccccc6Sc6cc7c(cc65)oc5ccccc57)cc4c4ccccc4c2c1)oc1ccccc13. The molecule has 0 unspecified atom stereocenters. The van der Waals surface area contributed by atoms with Crippen LogP contribution in [0, 0.1) is 0 Å². The molecule has 0 saturated carbocycles. The van der Waals surface area contributed by atoms with Crippen molar-refractivity contribution in [3.63, 3.8) is 0 Å². The summed E-state index contributed by atoms with van der Waals surface area (Å²) in [4.78, 5) is 9.71. The Morgan fingerprint density at radius 1 is 0.267 bits per heavy atom. The van der Waals surface area contributed by atoms with Crippen LogP contribution in [-0.2, 0) is 0 Å². The zero-order chi connectivity index (χ0) is 39.1. The van der Waals surface area contributed by atoms with Gasteiger partial charge in [0, 0.05) is 64.6 Å². The molecule has 280 valence electrons. The number of para-hydroxylation sites is 4. The lowest BCUT2D eigenvalue weighted by Crippen LogP contribution is -2.15. The highest BCUT2D eigenvalue weighted by atomic mass is 32.2. The molecule has 0 atom stereocenters. The zero-order valence-corrected chi connectivity index (χ0v) is 33.5. The summed E-state index contributed by atoms with van der Waals surface area (Å²) in [5.74, 6) is 0. The lowest BCUT2D eigenvalue weighted by molar-refractivity contribution is 0.668. The third-order valence-corrected chi connectivity index (χ3v) is 14.6. The number of nitrogens with zero attached hydrogens (tertiary/aromatic N) is 2. The van der Waals surface area contributed by atoms with Gasteiger partial charge in [0.1, 0.15) is 22.3 Å². The van der Waals surface area contributed by atoms with Gasteiger partial charge in [-0.2, -0.15) is 0 Å². The molecule has 0 N–H and O–H groups in total. The first-order valence-corrected chi connectivity index (χ1v) is 21.8. The van der Waals surface area contributed by atoms with Crippen LogP contribution in [0.5, 0.6) is 0 Å². The Hall–Kier alpha value is -7.12. The Kier molecular flexibility index (Phi) is 6.67. The van der Waals surface area contributed by atoms with Crippen LogP contribution < -0.4 is 9.80 Å². The largest absolute Gasteiger partial charge is 0.456 e. The molecule has 0 saturated heterocycles. The van der Waals surface area contributed by atoms with Crippen molar-refractivity contribution in [2.75, 3.05) is 9.80 Å². The third-order valence-electron chi connectivity index (χ3n) is 12.4. The van der Waals surface area contributed by atoms with Crippen LogP contribution in [0.4, 0.5) is 34.1 Å². The third kappa shape index (κ3) is 4.60. The molecule has 14 rings (SSSR count). The van der Waals surface area contributed by atoms with E-state index in [-0.39, 0.29) is 0 Å². The van der Waals surface area contributed by atoms with Crippen molar-refractivity contribution in [1.82, 2.24) is 0 Å². The van der Waals surface area contributed by atoms with Gasteiger partial charge in [-0.3, -0.25) is 0 Å². The molecule has 2 aliphatic heterocycles. The van der Waals surface area contributed by atoms with Gasteiger partial charge in [0.2, 0.25) is 0 Å². The van der Waals surface area contributed by atoms with Crippen LogP contribution in [0.15, 0.2) is 210 Å². The molecule has 4 nitrogen and oxygen atoms in total. The van der Waals surface area contributed by atoms with E-state index in [0.29, 0.717) is 0 Å². The highest BCUT2D eigenvalue weighted by Gasteiger charge is 2.29. The summed E-state index contributed by atoms with van der Waals surface area (Å²) in [7, 11) is 0. The molecule has 0 aliphatic carbocycles. The first-order chi connectivity index (χ1) is 29.7. The zero-order valence-electron chi connectivity index (χ0n) is 31.8. The number of hydrogen-bond acceptors (Lipinski definition) is 6. The Bertz CT molecular complexity index is 3560. The van der Waals surface area contributed by atoms with Crippen molar-refractivity contribution in [3.05, 3.63) is 182 Å². The first-order valence-electron chi connectivity index (χ1n) is 20.1. The summed E-state index contributed by atoms with van der Waals surface area (Å²) in [6.07, 6.45) is 0. The number of furan rings is 2. The molecule has 0 fully saturated rings. The minimum Gasteiger partial charge on any atom is -0.456 e. The Labute approximate surface area is 352 Å². The average Bonchev–Trinajstić information content (AvgIpc) is 3.85. The van der Waals surface area contributed by atoms with E-state index in [1.54, 1.807) is 0 Å². The minimum absolute atomic E-state index is 0.896. The molecule has 2 aliphatic rings. The predicted octanol–water partition coefficient (Wildman–Crippen LogP) is 16.8. The number of hydrogen-bond donors (Lipinski definition) is 0. The van der Waals surface area contributed by atoms with Crippen molar-refractivity contribution in [1.29, 1.82) is 0 Å². The highest BCUT2D eigenvalue weighted by molar-refractivity contribution is 8.00. The number of benzene rings is 10. The van der Waals surface area contributed by atoms with Crippen LogP contribution >= 0.6 is 23.5 Å². The van der Waals surface area contributed by atoms with Crippen molar-refractivity contribution in [3.8, 4) is 0 Å². The highest BCUT2D eigenvalue weighted by Crippen LogP contribution is 2.56. The van der Waals surface area contributed by atoms with Crippen molar-refractivity contribution >= 4 is 134 Å². The van der Waals surface area contributed by atoms with Gasteiger partial charge < -0.3 is 18.6 Å². The van der Waals surface area contributed by atoms with Gasteiger partial charge in [-0.05, 0) is 105 Å². The molecule has 0 spiro atoms. The van der Waals surface area contributed by atoms with E-state index in [2.05, 4.69) is 180 Å². The monoisotopic (exact) mass is 802 g/mol. The molecule has 60 heavy (non-hydrogen) atoms. The van der Waals surface area contributed by atoms with Gasteiger partial charge in [0.15, 0.2) is 0 Å². The fourth-order valence-corrected chi connectivity index (χ4v) is 11.9. The van der Waals surface area contributed by atoms with E-state index in [4.69, 9.17) is 8.83 Å². The van der Waals surface area contributed by atoms with Crippen LogP contribution in [0.3, 0.4) is 0 Å². The average molecular weight is 803 g/mol. The maximum atomic E-state index is 6.45. The van der Waals surface area contributed by atoms with E-state index >= 15 is 0 Å². The minimum atomic E-state index is 0.896. The summed E-state index contributed by atoms with van der Waals surface area (Å²) < 4.78 is 12.9. The molecule has 0 bridgehead atoms. The second kappa shape index (κ2) is 12.2. The molecule has 0 amide bonds. The van der Waals surface area contributed by atoms with Gasteiger partial charge in [-0.25, -0.2) is 0 Å². The van der Waals surface area contributed by atoms with Gasteiger partial charge in [0.05, 0.1) is 22.7 Å². The van der Waals surface area contributed by atoms with Crippen LogP contribution in [0.2, 0.25) is 0 Å². The first kappa shape index (κ1) is 32.8. The normalized spacial score (nSPS) is 13.5. The Balaban J connectivity index is 0.966. The number of rotatable bonds is 2. The Morgan fingerprint density at radius 2 is 0.667 bits per heavy atom. The van der Waals surface area contributed by atoms with Gasteiger partial charge >= 0.3 is 0 Å². The lowest BCUT2D eigenvalue weighted by Gasteiger charge is -2.33. The van der Waals surface area contributed by atoms with E-state index in [0.717, 1.165) is 66.6 Å². The molecule has 0 radical (unpaired) electrons. The molecular weight excluding hydrogens is 773 g/mol. The van der Waals surface area contributed by atoms with Gasteiger partial charge in [0.25, 0.3) is 0 Å². The van der Waals surface area contributed by atoms with Crippen molar-refractivity contribution in [2.24, 2.45) is 0 Å². The van der Waals surface area contributed by atoms with Crippen LogP contribution in [0.25, 0.3) is 76.2 Å². The van der Waals surface area contributed by atoms with Gasteiger partial charge in [-0.1, -0.05) is 121 Å². The summed E-state index contributed by atoms with van der Waals surface area (Å²) in [6, 6.07) is 66.1. The number of anilines is 6. The fraction of sp³-hybridized carbons (Fsp3) is 0. The standard InChI is InChI=1S/C54H30N2O2S2/c1-2-12-34-33(11-1)39-25-31(55-43-15-5-9-19-51(43)59-53-27-41-37-13-3-7-17-47(37)57-49(41)29-45(53)55)21-23-35(39)36-24-22-32(26-40(34)36)56-44-16-6-10-20-52(44)60-54-28-42-38-14-4-8-18-48(38)58-50(42)30-46(54)56/h1-30H. The topological polar surface area (TPSA) is 32.8 Å².